The molecule has 1 aliphatic heterocycles. The minimum Gasteiger partial charge on any atom is -0.481 e. The van der Waals surface area contributed by atoms with E-state index in [0.29, 0.717) is 12.8 Å². The first-order valence-electron chi connectivity index (χ1n) is 6.15. The second-order valence-corrected chi connectivity index (χ2v) is 5.97. The van der Waals surface area contributed by atoms with Gasteiger partial charge in [-0.2, -0.15) is 0 Å². The molecule has 1 fully saturated rings. The van der Waals surface area contributed by atoms with E-state index in [9.17, 15) is 14.7 Å². The lowest BCUT2D eigenvalue weighted by molar-refractivity contribution is -0.149. The van der Waals surface area contributed by atoms with Crippen molar-refractivity contribution in [1.29, 1.82) is 0 Å². The summed E-state index contributed by atoms with van der Waals surface area (Å²) in [6.07, 6.45) is 1.05. The quantitative estimate of drug-likeness (QED) is 0.853. The Morgan fingerprint density at radius 2 is 2.42 bits per heavy atom. The van der Waals surface area contributed by atoms with Crippen LogP contribution in [0.5, 0.6) is 0 Å². The van der Waals surface area contributed by atoms with Gasteiger partial charge >= 0.3 is 5.97 Å². The minimum atomic E-state index is -1.03. The topological polar surface area (TPSA) is 75.6 Å². The molecule has 2 heterocycles. The van der Waals surface area contributed by atoms with Gasteiger partial charge in [-0.05, 0) is 24.8 Å². The fourth-order valence-electron chi connectivity index (χ4n) is 2.04. The summed E-state index contributed by atoms with van der Waals surface area (Å²) in [4.78, 5) is 24.2. The summed E-state index contributed by atoms with van der Waals surface area (Å²) >= 11 is 1.61. The standard InChI is InChI=1S/C13H17NO4S/c1-13(12(16)17)8-18-7-10(13)14-11(15)5-4-9-3-2-6-19-9/h2-3,6,10H,4-5,7-8H2,1H3,(H,14,15)(H,16,17). The van der Waals surface area contributed by atoms with Gasteiger partial charge in [-0.15, -0.1) is 11.3 Å². The summed E-state index contributed by atoms with van der Waals surface area (Å²) in [6, 6.07) is 3.48. The fraction of sp³-hybridized carbons (Fsp3) is 0.538. The monoisotopic (exact) mass is 283 g/mol. The number of carboxylic acids is 1. The lowest BCUT2D eigenvalue weighted by Crippen LogP contribution is -2.49. The summed E-state index contributed by atoms with van der Waals surface area (Å²) in [5.74, 6) is -1.06. The summed E-state index contributed by atoms with van der Waals surface area (Å²) in [6.45, 7) is 2.00. The molecule has 1 saturated heterocycles. The number of aliphatic carboxylic acids is 1. The molecule has 2 rings (SSSR count). The Labute approximate surface area is 115 Å². The largest absolute Gasteiger partial charge is 0.481 e. The second-order valence-electron chi connectivity index (χ2n) is 4.94. The van der Waals surface area contributed by atoms with Gasteiger partial charge in [-0.3, -0.25) is 9.59 Å². The number of hydrogen-bond donors (Lipinski definition) is 2. The van der Waals surface area contributed by atoms with Crippen LogP contribution in [0.2, 0.25) is 0 Å². The molecule has 2 unspecified atom stereocenters. The molecule has 0 saturated carbocycles. The fourth-order valence-corrected chi connectivity index (χ4v) is 2.75. The Morgan fingerprint density at radius 1 is 1.63 bits per heavy atom. The van der Waals surface area contributed by atoms with Crippen LogP contribution in [0, 0.1) is 5.41 Å². The highest BCUT2D eigenvalue weighted by Crippen LogP contribution is 2.28. The van der Waals surface area contributed by atoms with Gasteiger partial charge < -0.3 is 15.2 Å². The van der Waals surface area contributed by atoms with E-state index in [1.54, 1.807) is 18.3 Å². The lowest BCUT2D eigenvalue weighted by atomic mass is 9.85. The van der Waals surface area contributed by atoms with Crippen LogP contribution in [0.15, 0.2) is 17.5 Å². The predicted molar refractivity (Wildman–Crippen MR) is 71.1 cm³/mol. The van der Waals surface area contributed by atoms with Gasteiger partial charge in [0.2, 0.25) is 5.91 Å². The van der Waals surface area contributed by atoms with E-state index in [1.165, 1.54) is 0 Å². The molecule has 0 spiro atoms. The number of amides is 1. The first-order valence-corrected chi connectivity index (χ1v) is 7.03. The molecule has 2 atom stereocenters. The van der Waals surface area contributed by atoms with Crippen molar-refractivity contribution in [2.75, 3.05) is 13.2 Å². The highest BCUT2D eigenvalue weighted by molar-refractivity contribution is 7.09. The Hall–Kier alpha value is -1.40. The first-order chi connectivity index (χ1) is 9.02. The second kappa shape index (κ2) is 5.71. The molecule has 2 N–H and O–H groups in total. The van der Waals surface area contributed by atoms with Crippen LogP contribution < -0.4 is 5.32 Å². The molecule has 0 radical (unpaired) electrons. The van der Waals surface area contributed by atoms with Crippen LogP contribution in [-0.2, 0) is 20.7 Å². The molecule has 1 aromatic heterocycles. The molecular weight excluding hydrogens is 266 g/mol. The maximum atomic E-state index is 11.8. The Morgan fingerprint density at radius 3 is 3.05 bits per heavy atom. The van der Waals surface area contributed by atoms with Crippen LogP contribution in [0.1, 0.15) is 18.2 Å². The number of carbonyl (C=O) groups excluding carboxylic acids is 1. The first kappa shape index (κ1) is 14.0. The molecule has 0 aromatic carbocycles. The van der Waals surface area contributed by atoms with Gasteiger partial charge in [0, 0.05) is 11.3 Å². The third-order valence-corrected chi connectivity index (χ3v) is 4.39. The smallest absolute Gasteiger partial charge is 0.313 e. The number of nitrogens with one attached hydrogen (secondary N) is 1. The van der Waals surface area contributed by atoms with Crippen LogP contribution >= 0.6 is 11.3 Å². The van der Waals surface area contributed by atoms with Gasteiger partial charge in [0.15, 0.2) is 0 Å². The Bertz CT molecular complexity index is 459. The number of carbonyl (C=O) groups is 2. The van der Waals surface area contributed by atoms with E-state index in [0.717, 1.165) is 4.88 Å². The van der Waals surface area contributed by atoms with Gasteiger partial charge in [0.05, 0.1) is 19.3 Å². The number of rotatable bonds is 5. The van der Waals surface area contributed by atoms with E-state index in [2.05, 4.69) is 5.32 Å². The molecule has 104 valence electrons. The normalized spacial score (nSPS) is 26.3. The summed E-state index contributed by atoms with van der Waals surface area (Å²) in [5, 5.41) is 14.0. The number of hydrogen-bond acceptors (Lipinski definition) is 4. The van der Waals surface area contributed by atoms with Crippen molar-refractivity contribution in [1.82, 2.24) is 5.32 Å². The number of aryl methyl sites for hydroxylation is 1. The molecule has 5 nitrogen and oxygen atoms in total. The van der Waals surface area contributed by atoms with Crippen molar-refractivity contribution in [2.24, 2.45) is 5.41 Å². The lowest BCUT2D eigenvalue weighted by Gasteiger charge is -2.25. The van der Waals surface area contributed by atoms with Crippen molar-refractivity contribution >= 4 is 23.2 Å². The van der Waals surface area contributed by atoms with Crippen molar-refractivity contribution < 1.29 is 19.4 Å². The minimum absolute atomic E-state index is 0.128. The van der Waals surface area contributed by atoms with Crippen molar-refractivity contribution in [3.05, 3.63) is 22.4 Å². The van der Waals surface area contributed by atoms with Crippen molar-refractivity contribution in [2.45, 2.75) is 25.8 Å². The molecule has 6 heteroatoms. The van der Waals surface area contributed by atoms with E-state index < -0.39 is 17.4 Å². The van der Waals surface area contributed by atoms with Crippen LogP contribution in [0.3, 0.4) is 0 Å². The molecule has 0 bridgehead atoms. The maximum Gasteiger partial charge on any atom is 0.313 e. The number of ether oxygens (including phenoxy) is 1. The van der Waals surface area contributed by atoms with Crippen LogP contribution in [0.25, 0.3) is 0 Å². The van der Waals surface area contributed by atoms with E-state index in [1.807, 2.05) is 17.5 Å². The molecule has 1 amide bonds. The highest BCUT2D eigenvalue weighted by atomic mass is 32.1. The van der Waals surface area contributed by atoms with Crippen LogP contribution in [-0.4, -0.2) is 36.2 Å². The summed E-state index contributed by atoms with van der Waals surface area (Å²) < 4.78 is 5.19. The van der Waals surface area contributed by atoms with Crippen molar-refractivity contribution in [3.63, 3.8) is 0 Å². The maximum absolute atomic E-state index is 11.8. The third kappa shape index (κ3) is 3.13. The zero-order valence-electron chi connectivity index (χ0n) is 10.7. The van der Waals surface area contributed by atoms with E-state index in [4.69, 9.17) is 4.74 Å². The summed E-state index contributed by atoms with van der Waals surface area (Å²) in [5.41, 5.74) is -1.03. The molecule has 1 aromatic rings. The average Bonchev–Trinajstić information content (AvgIpc) is 2.98. The van der Waals surface area contributed by atoms with E-state index in [-0.39, 0.29) is 19.1 Å². The highest BCUT2D eigenvalue weighted by Gasteiger charge is 2.47. The van der Waals surface area contributed by atoms with Gasteiger partial charge in [-0.25, -0.2) is 0 Å². The zero-order valence-corrected chi connectivity index (χ0v) is 11.5. The zero-order chi connectivity index (χ0) is 13.9. The number of carboxylic acid groups (broad SMARTS) is 1. The SMILES string of the molecule is CC1(C(=O)O)COCC1NC(=O)CCc1cccs1. The Kier molecular flexibility index (Phi) is 4.21. The van der Waals surface area contributed by atoms with Gasteiger partial charge in [-0.1, -0.05) is 6.07 Å². The average molecular weight is 283 g/mol. The summed E-state index contributed by atoms with van der Waals surface area (Å²) in [7, 11) is 0. The van der Waals surface area contributed by atoms with E-state index >= 15 is 0 Å². The Balaban J connectivity index is 1.86. The predicted octanol–water partition coefficient (Wildman–Crippen LogP) is 1.29. The van der Waals surface area contributed by atoms with Gasteiger partial charge in [0.1, 0.15) is 5.41 Å². The molecule has 0 aliphatic carbocycles. The van der Waals surface area contributed by atoms with Crippen molar-refractivity contribution in [3.8, 4) is 0 Å². The third-order valence-electron chi connectivity index (χ3n) is 3.46. The molecule has 1 aliphatic rings. The van der Waals surface area contributed by atoms with Gasteiger partial charge in [0.25, 0.3) is 0 Å². The molecule has 19 heavy (non-hydrogen) atoms. The number of thiophene rings is 1. The van der Waals surface area contributed by atoms with Crippen LogP contribution in [0.4, 0.5) is 0 Å². The molecular formula is C13H17NO4S.